The Morgan fingerprint density at radius 3 is 1.27 bits per heavy atom. The number of piperazine rings is 2. The summed E-state index contributed by atoms with van der Waals surface area (Å²) in [7, 11) is 0. The van der Waals surface area contributed by atoms with E-state index in [0.29, 0.717) is 57.6 Å². The van der Waals surface area contributed by atoms with Crippen LogP contribution in [-0.4, -0.2) is 89.6 Å². The predicted molar refractivity (Wildman–Crippen MR) is 212 cm³/mol. The molecule has 4 aromatic carbocycles. The van der Waals surface area contributed by atoms with Crippen LogP contribution in [0.5, 0.6) is 0 Å². The van der Waals surface area contributed by atoms with Crippen molar-refractivity contribution in [3.63, 3.8) is 0 Å². The lowest BCUT2D eigenvalue weighted by molar-refractivity contribution is -0.385. The molecule has 0 N–H and O–H groups in total. The highest BCUT2D eigenvalue weighted by atomic mass is 79.9. The van der Waals surface area contributed by atoms with Crippen LogP contribution in [-0.2, 0) is 4.79 Å². The number of carbonyl (C=O) groups is 3. The Morgan fingerprint density at radius 2 is 0.946 bits per heavy atom. The molecule has 0 aromatic heterocycles. The molecule has 0 radical (unpaired) electrons. The van der Waals surface area contributed by atoms with E-state index in [1.54, 1.807) is 57.7 Å². The van der Waals surface area contributed by atoms with Crippen LogP contribution in [0.25, 0.3) is 0 Å². The monoisotopic (exact) mass is 896 g/mol. The summed E-state index contributed by atoms with van der Waals surface area (Å²) < 4.78 is 32.0. The first-order valence-electron chi connectivity index (χ1n) is 17.7. The molecule has 4 aromatic rings. The van der Waals surface area contributed by atoms with Gasteiger partial charge in [-0.3, -0.25) is 34.6 Å². The number of Topliss-reactive ketones (excluding diaryl/α,β-unsaturated/α-hetero) is 1. The van der Waals surface area contributed by atoms with Crippen LogP contribution in [0.3, 0.4) is 0 Å². The van der Waals surface area contributed by atoms with Crippen molar-refractivity contribution in [1.29, 1.82) is 0 Å². The maximum atomic E-state index is 15.6. The Bertz CT molecular complexity index is 2080. The molecule has 56 heavy (non-hydrogen) atoms. The molecular formula is C39H36Br2F2N6O7. The molecule has 2 atom stereocenters. The van der Waals surface area contributed by atoms with Gasteiger partial charge in [0.05, 0.1) is 32.3 Å². The topological polar surface area (TPSA) is 150 Å². The van der Waals surface area contributed by atoms with E-state index in [-0.39, 0.29) is 66.3 Å². The molecule has 2 fully saturated rings. The quantitative estimate of drug-likeness (QED) is 0.115. The maximum absolute atomic E-state index is 15.6. The summed E-state index contributed by atoms with van der Waals surface area (Å²) in [5.74, 6) is -3.39. The first-order chi connectivity index (χ1) is 26.6. The minimum absolute atomic E-state index is 0.176. The molecule has 6 rings (SSSR count). The van der Waals surface area contributed by atoms with E-state index in [2.05, 4.69) is 31.9 Å². The number of carbonyl (C=O) groups excluding carboxylic acids is 3. The molecule has 17 heteroatoms. The SMILES string of the molecule is CC(C(=O)C(C)c1ccc(N2CCN(C(=O)c3cc([N+](=O)[O-])ccc3Br)CC2)c(F)c1)c1ccc(N2CCN(C(=O)c3cc([N+](=O)[O-])ccc3Br)CC2)c(F)c1. The zero-order chi connectivity index (χ0) is 40.4. The maximum Gasteiger partial charge on any atom is 0.270 e. The highest BCUT2D eigenvalue weighted by molar-refractivity contribution is 9.10. The summed E-state index contributed by atoms with van der Waals surface area (Å²) in [4.78, 5) is 68.0. The zero-order valence-electron chi connectivity index (χ0n) is 30.3. The largest absolute Gasteiger partial charge is 0.366 e. The van der Waals surface area contributed by atoms with Crippen LogP contribution in [0.2, 0.25) is 0 Å². The number of anilines is 2. The predicted octanol–water partition coefficient (Wildman–Crippen LogP) is 7.71. The first-order valence-corrected chi connectivity index (χ1v) is 19.3. The van der Waals surface area contributed by atoms with Crippen LogP contribution in [0.1, 0.15) is 57.5 Å². The number of hydrogen-bond acceptors (Lipinski definition) is 9. The van der Waals surface area contributed by atoms with Gasteiger partial charge in [-0.1, -0.05) is 26.0 Å². The van der Waals surface area contributed by atoms with Crippen LogP contribution in [0.4, 0.5) is 31.5 Å². The average Bonchev–Trinajstić information content (AvgIpc) is 3.19. The van der Waals surface area contributed by atoms with Crippen LogP contribution in [0.15, 0.2) is 81.7 Å². The fraction of sp³-hybridized carbons (Fsp3) is 0.308. The molecule has 2 saturated heterocycles. The van der Waals surface area contributed by atoms with Crippen molar-refractivity contribution in [3.8, 4) is 0 Å². The summed E-state index contributed by atoms with van der Waals surface area (Å²) in [6.07, 6.45) is 0. The molecule has 0 spiro atoms. The number of rotatable bonds is 10. The van der Waals surface area contributed by atoms with Gasteiger partial charge in [0.25, 0.3) is 23.2 Å². The third kappa shape index (κ3) is 8.43. The van der Waals surface area contributed by atoms with Crippen molar-refractivity contribution in [2.45, 2.75) is 25.7 Å². The number of nitro groups is 2. The van der Waals surface area contributed by atoms with E-state index in [1.807, 2.05) is 0 Å². The molecule has 2 amide bonds. The molecule has 2 aliphatic heterocycles. The third-order valence-electron chi connectivity index (χ3n) is 10.4. The Hall–Kier alpha value is -5.29. The van der Waals surface area contributed by atoms with Gasteiger partial charge in [0.1, 0.15) is 17.4 Å². The van der Waals surface area contributed by atoms with Gasteiger partial charge in [0.15, 0.2) is 0 Å². The van der Waals surface area contributed by atoms with Crippen molar-refractivity contribution in [3.05, 3.63) is 136 Å². The fourth-order valence-electron chi connectivity index (χ4n) is 7.02. The lowest BCUT2D eigenvalue weighted by Gasteiger charge is -2.36. The van der Waals surface area contributed by atoms with E-state index in [9.17, 15) is 34.6 Å². The number of halogens is 4. The lowest BCUT2D eigenvalue weighted by Crippen LogP contribution is -2.49. The number of nitrogens with zero attached hydrogens (tertiary/aromatic N) is 6. The molecule has 292 valence electrons. The van der Waals surface area contributed by atoms with Crippen LogP contribution < -0.4 is 9.80 Å². The van der Waals surface area contributed by atoms with Crippen LogP contribution >= 0.6 is 31.9 Å². The summed E-state index contributed by atoms with van der Waals surface area (Å²) in [5.41, 5.74) is 1.54. The smallest absolute Gasteiger partial charge is 0.270 e. The van der Waals surface area contributed by atoms with E-state index < -0.39 is 33.3 Å². The second-order valence-electron chi connectivity index (χ2n) is 13.7. The number of hydrogen-bond donors (Lipinski definition) is 0. The number of amides is 2. The fourth-order valence-corrected chi connectivity index (χ4v) is 7.86. The van der Waals surface area contributed by atoms with Gasteiger partial charge in [-0.25, -0.2) is 8.78 Å². The number of nitro benzene ring substituents is 2. The summed E-state index contributed by atoms with van der Waals surface area (Å²) in [5, 5.41) is 22.4. The standard InChI is InChI=1S/C39H36Br2F2N6O7/c1-23(25-3-9-35(33(42)19-25)44-11-15-46(16-12-44)38(51)29-21-27(48(53)54)5-7-31(29)40)37(50)24(2)26-4-10-36(34(43)20-26)45-13-17-47(18-14-45)39(52)30-22-28(49(55)56)6-8-32(30)41/h3-10,19-24H,11-18H2,1-2H3. The molecular weight excluding hydrogens is 862 g/mol. The Morgan fingerprint density at radius 1 is 0.589 bits per heavy atom. The zero-order valence-corrected chi connectivity index (χ0v) is 33.5. The second kappa shape index (κ2) is 16.8. The van der Waals surface area contributed by atoms with E-state index >= 15 is 8.78 Å². The molecule has 0 saturated carbocycles. The Kier molecular flexibility index (Phi) is 12.1. The Balaban J connectivity index is 1.05. The van der Waals surface area contributed by atoms with Gasteiger partial charge < -0.3 is 19.6 Å². The highest BCUT2D eigenvalue weighted by Gasteiger charge is 2.30. The number of ketones is 1. The Labute approximate surface area is 337 Å². The van der Waals surface area contributed by atoms with E-state index in [4.69, 9.17) is 0 Å². The van der Waals surface area contributed by atoms with Gasteiger partial charge in [-0.05, 0) is 79.4 Å². The lowest BCUT2D eigenvalue weighted by atomic mass is 9.85. The minimum atomic E-state index is -0.698. The second-order valence-corrected chi connectivity index (χ2v) is 15.4. The average molecular weight is 899 g/mol. The van der Waals surface area contributed by atoms with Gasteiger partial charge in [0, 0.05) is 97.4 Å². The van der Waals surface area contributed by atoms with Gasteiger partial charge in [0.2, 0.25) is 0 Å². The highest BCUT2D eigenvalue weighted by Crippen LogP contribution is 2.33. The molecule has 0 bridgehead atoms. The third-order valence-corrected chi connectivity index (χ3v) is 11.8. The molecule has 2 heterocycles. The summed E-state index contributed by atoms with van der Waals surface area (Å²) in [6, 6.07) is 17.3. The first kappa shape index (κ1) is 40.4. The number of benzene rings is 4. The van der Waals surface area contributed by atoms with Gasteiger partial charge in [-0.2, -0.15) is 0 Å². The normalized spacial score (nSPS) is 15.7. The molecule has 13 nitrogen and oxygen atoms in total. The minimum Gasteiger partial charge on any atom is -0.366 e. The van der Waals surface area contributed by atoms with Crippen LogP contribution in [0, 0.1) is 31.9 Å². The van der Waals surface area contributed by atoms with Gasteiger partial charge >= 0.3 is 0 Å². The van der Waals surface area contributed by atoms with Crippen molar-refractivity contribution >= 4 is 72.2 Å². The van der Waals surface area contributed by atoms with Crippen molar-refractivity contribution in [2.24, 2.45) is 0 Å². The molecule has 2 unspecified atom stereocenters. The number of non-ortho nitro benzene ring substituents is 2. The summed E-state index contributed by atoms with van der Waals surface area (Å²) in [6.45, 7) is 5.76. The van der Waals surface area contributed by atoms with E-state index in [0.717, 1.165) is 0 Å². The molecule has 2 aliphatic rings. The van der Waals surface area contributed by atoms with E-state index in [1.165, 1.54) is 48.5 Å². The molecule has 0 aliphatic carbocycles. The van der Waals surface area contributed by atoms with Crippen molar-refractivity contribution < 1.29 is 33.0 Å². The van der Waals surface area contributed by atoms with Gasteiger partial charge in [-0.15, -0.1) is 0 Å². The summed E-state index contributed by atoms with van der Waals surface area (Å²) >= 11 is 6.59. The van der Waals surface area contributed by atoms with Crippen molar-refractivity contribution in [1.82, 2.24) is 9.80 Å². The van der Waals surface area contributed by atoms with Crippen molar-refractivity contribution in [2.75, 3.05) is 62.2 Å².